The number of hydrogen-bond acceptors (Lipinski definition) is 2. The molecule has 2 atom stereocenters. The highest BCUT2D eigenvalue weighted by Crippen LogP contribution is 2.58. The highest BCUT2D eigenvalue weighted by Gasteiger charge is 2.47. The van der Waals surface area contributed by atoms with Gasteiger partial charge in [-0.15, -0.1) is 0 Å². The summed E-state index contributed by atoms with van der Waals surface area (Å²) in [4.78, 5) is 10.3. The maximum absolute atomic E-state index is 5.14. The number of nitrogens with zero attached hydrogens (tertiary/aromatic N) is 2. The fourth-order valence-corrected chi connectivity index (χ4v) is 7.19. The molecule has 0 saturated heterocycles. The van der Waals surface area contributed by atoms with Crippen LogP contribution in [0, 0.1) is 5.92 Å². The van der Waals surface area contributed by atoms with Gasteiger partial charge in [-0.3, -0.25) is 0 Å². The van der Waals surface area contributed by atoms with Gasteiger partial charge in [0.1, 0.15) is 0 Å². The summed E-state index contributed by atoms with van der Waals surface area (Å²) in [7, 11) is 0. The van der Waals surface area contributed by atoms with E-state index in [2.05, 4.69) is 147 Å². The summed E-state index contributed by atoms with van der Waals surface area (Å²) < 4.78 is 0. The molecule has 0 radical (unpaired) electrons. The molecule has 1 aromatic heterocycles. The van der Waals surface area contributed by atoms with Gasteiger partial charge in [0, 0.05) is 22.6 Å². The SMILES string of the molecule is CC1(C)c2cc3ccccc3c(-c3ccccc3)c2C2C=CC(c3nc(-c4ccccc4)cc(-c4ccccc4)n3)=CC21. The van der Waals surface area contributed by atoms with Crippen molar-refractivity contribution in [2.24, 2.45) is 5.92 Å². The van der Waals surface area contributed by atoms with Crippen molar-refractivity contribution in [1.29, 1.82) is 0 Å². The van der Waals surface area contributed by atoms with Gasteiger partial charge >= 0.3 is 0 Å². The maximum atomic E-state index is 5.14. The van der Waals surface area contributed by atoms with Crippen molar-refractivity contribution in [1.82, 2.24) is 9.97 Å². The van der Waals surface area contributed by atoms with Crippen LogP contribution in [0.4, 0.5) is 0 Å². The Morgan fingerprint density at radius 3 is 1.79 bits per heavy atom. The number of allylic oxidation sites excluding steroid dienone is 4. The number of aromatic nitrogens is 2. The second kappa shape index (κ2) is 10.0. The van der Waals surface area contributed by atoms with Gasteiger partial charge in [-0.2, -0.15) is 0 Å². The molecule has 1 heterocycles. The Hall–Kier alpha value is -5.08. The van der Waals surface area contributed by atoms with E-state index in [-0.39, 0.29) is 17.3 Å². The quantitative estimate of drug-likeness (QED) is 0.217. The molecule has 6 aromatic rings. The average Bonchev–Trinajstić information content (AvgIpc) is 3.30. The molecule has 2 aliphatic rings. The van der Waals surface area contributed by atoms with Crippen LogP contribution in [0.1, 0.15) is 36.7 Å². The average molecular weight is 553 g/mol. The first kappa shape index (κ1) is 25.6. The Balaban J connectivity index is 1.30. The van der Waals surface area contributed by atoms with Gasteiger partial charge in [-0.1, -0.05) is 153 Å². The Kier molecular flexibility index (Phi) is 5.97. The second-order valence-corrected chi connectivity index (χ2v) is 12.2. The van der Waals surface area contributed by atoms with E-state index in [0.717, 1.165) is 33.9 Å². The van der Waals surface area contributed by atoms with E-state index in [4.69, 9.17) is 9.97 Å². The van der Waals surface area contributed by atoms with Crippen molar-refractivity contribution < 1.29 is 0 Å². The van der Waals surface area contributed by atoms with Gasteiger partial charge in [-0.05, 0) is 50.4 Å². The minimum atomic E-state index is -0.0666. The Bertz CT molecular complexity index is 1980. The molecule has 206 valence electrons. The normalized spacial score (nSPS) is 18.2. The van der Waals surface area contributed by atoms with E-state index in [1.807, 2.05) is 12.1 Å². The zero-order chi connectivity index (χ0) is 29.0. The number of fused-ring (bicyclic) bond motifs is 4. The van der Waals surface area contributed by atoms with Gasteiger partial charge in [-0.25, -0.2) is 9.97 Å². The highest BCUT2D eigenvalue weighted by atomic mass is 14.9. The largest absolute Gasteiger partial charge is 0.228 e. The van der Waals surface area contributed by atoms with E-state index in [9.17, 15) is 0 Å². The zero-order valence-electron chi connectivity index (χ0n) is 24.4. The molecule has 43 heavy (non-hydrogen) atoms. The van der Waals surface area contributed by atoms with Crippen molar-refractivity contribution in [3.63, 3.8) is 0 Å². The molecular weight excluding hydrogens is 520 g/mol. The van der Waals surface area contributed by atoms with Crippen molar-refractivity contribution >= 4 is 16.3 Å². The van der Waals surface area contributed by atoms with Crippen LogP contribution in [0.5, 0.6) is 0 Å². The van der Waals surface area contributed by atoms with Crippen LogP contribution in [-0.2, 0) is 5.41 Å². The molecule has 0 bridgehead atoms. The minimum Gasteiger partial charge on any atom is -0.228 e. The molecule has 5 aromatic carbocycles. The number of rotatable bonds is 4. The van der Waals surface area contributed by atoms with Crippen molar-refractivity contribution in [2.45, 2.75) is 25.2 Å². The van der Waals surface area contributed by atoms with E-state index in [1.165, 1.54) is 33.0 Å². The summed E-state index contributed by atoms with van der Waals surface area (Å²) in [5.74, 6) is 1.33. The molecule has 0 amide bonds. The summed E-state index contributed by atoms with van der Waals surface area (Å²) in [5.41, 5.74) is 10.6. The van der Waals surface area contributed by atoms with Crippen molar-refractivity contribution in [2.75, 3.05) is 0 Å². The van der Waals surface area contributed by atoms with E-state index in [0.29, 0.717) is 0 Å². The van der Waals surface area contributed by atoms with Crippen molar-refractivity contribution in [3.05, 3.63) is 163 Å². The minimum absolute atomic E-state index is 0.0666. The van der Waals surface area contributed by atoms with Crippen LogP contribution in [0.2, 0.25) is 0 Å². The first-order valence-electron chi connectivity index (χ1n) is 15.1. The third kappa shape index (κ3) is 4.25. The fourth-order valence-electron chi connectivity index (χ4n) is 7.19. The standard InChI is InChI=1S/C41H32N2/c1-41(2)34-25-31(40-42-36(27-14-6-3-7-15-27)26-37(43-40)28-16-8-4-9-17-28)22-23-33(34)39-35(41)24-30-20-12-13-21-32(30)38(39)29-18-10-5-11-19-29/h3-26,33-34H,1-2H3. The summed E-state index contributed by atoms with van der Waals surface area (Å²) in [6.07, 6.45) is 7.12. The molecule has 0 spiro atoms. The first-order chi connectivity index (χ1) is 21.1. The number of hydrogen-bond donors (Lipinski definition) is 0. The monoisotopic (exact) mass is 552 g/mol. The van der Waals surface area contributed by atoms with E-state index < -0.39 is 0 Å². The highest BCUT2D eigenvalue weighted by molar-refractivity contribution is 6.00. The third-order valence-corrected chi connectivity index (χ3v) is 9.37. The zero-order valence-corrected chi connectivity index (χ0v) is 24.4. The lowest BCUT2D eigenvalue weighted by atomic mass is 9.73. The fraction of sp³-hybridized carbons (Fsp3) is 0.122. The molecule has 8 rings (SSSR count). The lowest BCUT2D eigenvalue weighted by Crippen LogP contribution is -2.25. The molecule has 0 fully saturated rings. The molecule has 2 nitrogen and oxygen atoms in total. The van der Waals surface area contributed by atoms with Gasteiger partial charge < -0.3 is 0 Å². The molecule has 0 N–H and O–H groups in total. The van der Waals surface area contributed by atoms with Crippen LogP contribution in [0.15, 0.2) is 146 Å². The Labute approximate surface area is 253 Å². The molecule has 0 saturated carbocycles. The van der Waals surface area contributed by atoms with Crippen LogP contribution < -0.4 is 0 Å². The van der Waals surface area contributed by atoms with Crippen LogP contribution in [0.3, 0.4) is 0 Å². The summed E-state index contributed by atoms with van der Waals surface area (Å²) in [6, 6.07) is 45.1. The van der Waals surface area contributed by atoms with Gasteiger partial charge in [0.05, 0.1) is 11.4 Å². The summed E-state index contributed by atoms with van der Waals surface area (Å²) >= 11 is 0. The molecule has 2 heteroatoms. The van der Waals surface area contributed by atoms with E-state index in [1.54, 1.807) is 0 Å². The molecule has 2 unspecified atom stereocenters. The molecule has 0 aliphatic heterocycles. The van der Waals surface area contributed by atoms with Gasteiger partial charge in [0.15, 0.2) is 5.82 Å². The van der Waals surface area contributed by atoms with Gasteiger partial charge in [0.2, 0.25) is 0 Å². The van der Waals surface area contributed by atoms with Crippen LogP contribution in [0.25, 0.3) is 50.0 Å². The predicted octanol–water partition coefficient (Wildman–Crippen LogP) is 10.3. The predicted molar refractivity (Wildman–Crippen MR) is 179 cm³/mol. The molecule has 2 aliphatic carbocycles. The molecular formula is C41H32N2. The number of benzene rings is 5. The van der Waals surface area contributed by atoms with E-state index >= 15 is 0 Å². The van der Waals surface area contributed by atoms with Crippen LogP contribution in [-0.4, -0.2) is 9.97 Å². The second-order valence-electron chi connectivity index (χ2n) is 12.2. The Morgan fingerprint density at radius 1 is 0.605 bits per heavy atom. The van der Waals surface area contributed by atoms with Gasteiger partial charge in [0.25, 0.3) is 0 Å². The first-order valence-corrected chi connectivity index (χ1v) is 15.1. The maximum Gasteiger partial charge on any atom is 0.160 e. The third-order valence-electron chi connectivity index (χ3n) is 9.37. The summed E-state index contributed by atoms with van der Waals surface area (Å²) in [5, 5.41) is 2.62. The topological polar surface area (TPSA) is 25.8 Å². The van der Waals surface area contributed by atoms with Crippen molar-refractivity contribution in [3.8, 4) is 33.6 Å². The smallest absolute Gasteiger partial charge is 0.160 e. The Morgan fingerprint density at radius 2 is 1.16 bits per heavy atom. The lowest BCUT2D eigenvalue weighted by Gasteiger charge is -2.30. The lowest BCUT2D eigenvalue weighted by molar-refractivity contribution is 0.395. The summed E-state index contributed by atoms with van der Waals surface area (Å²) in [6.45, 7) is 4.81. The van der Waals surface area contributed by atoms with Crippen LogP contribution >= 0.6 is 0 Å².